The predicted molar refractivity (Wildman–Crippen MR) is 103 cm³/mol. The van der Waals surface area contributed by atoms with Crippen LogP contribution >= 0.6 is 0 Å². The zero-order valence-corrected chi connectivity index (χ0v) is 15.8. The molecule has 2 aliphatic heterocycles. The van der Waals surface area contributed by atoms with E-state index in [2.05, 4.69) is 17.2 Å². The van der Waals surface area contributed by atoms with Gasteiger partial charge in [-0.25, -0.2) is 0 Å². The van der Waals surface area contributed by atoms with Crippen LogP contribution in [0, 0.1) is 13.8 Å². The van der Waals surface area contributed by atoms with Gasteiger partial charge in [-0.1, -0.05) is 12.6 Å². The Morgan fingerprint density at radius 3 is 2.71 bits per heavy atom. The number of carbonyl (C=O) groups is 3. The molecule has 144 valence electrons. The van der Waals surface area contributed by atoms with Gasteiger partial charge >= 0.3 is 0 Å². The van der Waals surface area contributed by atoms with E-state index in [0.717, 1.165) is 22.0 Å². The maximum absolute atomic E-state index is 13.1. The van der Waals surface area contributed by atoms with Crippen LogP contribution in [0.15, 0.2) is 41.0 Å². The second-order valence-electron chi connectivity index (χ2n) is 7.16. The monoisotopic (exact) mass is 379 g/mol. The normalized spacial score (nSPS) is 19.1. The van der Waals surface area contributed by atoms with Crippen LogP contribution in [0.1, 0.15) is 50.6 Å². The number of nitrogens with zero attached hydrogens (tertiary/aromatic N) is 1. The Morgan fingerprint density at radius 2 is 2.04 bits per heavy atom. The molecule has 0 aliphatic carbocycles. The van der Waals surface area contributed by atoms with Gasteiger partial charge in [0.15, 0.2) is 0 Å². The smallest absolute Gasteiger partial charge is 0.264 e. The van der Waals surface area contributed by atoms with Crippen molar-refractivity contribution in [3.05, 3.63) is 64.8 Å². The fourth-order valence-corrected chi connectivity index (χ4v) is 3.66. The number of nitrogens with one attached hydrogen (secondary N) is 2. The van der Waals surface area contributed by atoms with Gasteiger partial charge in [0, 0.05) is 11.4 Å². The number of anilines is 1. The Morgan fingerprint density at radius 1 is 1.25 bits per heavy atom. The fraction of sp³-hybridized carbons (Fsp3) is 0.286. The van der Waals surface area contributed by atoms with Crippen LogP contribution in [0.5, 0.6) is 0 Å². The van der Waals surface area contributed by atoms with Crippen molar-refractivity contribution in [2.24, 2.45) is 0 Å². The van der Waals surface area contributed by atoms with E-state index in [1.54, 1.807) is 18.2 Å². The minimum Gasteiger partial charge on any atom is -0.464 e. The summed E-state index contributed by atoms with van der Waals surface area (Å²) in [5, 5.41) is 5.82. The molecule has 3 amide bonds. The van der Waals surface area contributed by atoms with E-state index in [4.69, 9.17) is 4.42 Å². The highest BCUT2D eigenvalue weighted by Gasteiger charge is 2.44. The molecule has 1 atom stereocenters. The zero-order chi connectivity index (χ0) is 20.0. The van der Waals surface area contributed by atoms with Crippen LogP contribution < -0.4 is 10.6 Å². The number of fused-ring (bicyclic) bond motifs is 1. The van der Waals surface area contributed by atoms with Gasteiger partial charge in [0.1, 0.15) is 17.6 Å². The average Bonchev–Trinajstić information content (AvgIpc) is 3.11. The Labute approximate surface area is 162 Å². The molecule has 3 heterocycles. The lowest BCUT2D eigenvalue weighted by Crippen LogP contribution is -2.51. The SMILES string of the molecule is C=C1CCC(N2C(=O)c3cccc(NCc4cc(C)c(C)o4)c3C2=O)C(=O)N1. The van der Waals surface area contributed by atoms with Crippen LogP contribution in [-0.2, 0) is 11.3 Å². The second-order valence-corrected chi connectivity index (χ2v) is 7.16. The minimum absolute atomic E-state index is 0.296. The third-order valence-corrected chi connectivity index (χ3v) is 5.25. The lowest BCUT2D eigenvalue weighted by atomic mass is 10.0. The van der Waals surface area contributed by atoms with Gasteiger partial charge in [0.05, 0.1) is 17.7 Å². The van der Waals surface area contributed by atoms with Crippen molar-refractivity contribution < 1.29 is 18.8 Å². The number of piperidine rings is 1. The molecular formula is C21H21N3O4. The summed E-state index contributed by atoms with van der Waals surface area (Å²) in [7, 11) is 0. The van der Waals surface area contributed by atoms with E-state index in [1.165, 1.54) is 0 Å². The molecule has 0 saturated carbocycles. The van der Waals surface area contributed by atoms with E-state index in [9.17, 15) is 14.4 Å². The molecule has 28 heavy (non-hydrogen) atoms. The van der Waals surface area contributed by atoms with Gasteiger partial charge < -0.3 is 15.1 Å². The first kappa shape index (κ1) is 18.0. The Bertz CT molecular complexity index is 1000. The molecule has 1 aromatic carbocycles. The summed E-state index contributed by atoms with van der Waals surface area (Å²) < 4.78 is 5.66. The van der Waals surface area contributed by atoms with Gasteiger partial charge in [-0.05, 0) is 50.5 Å². The molecule has 4 rings (SSSR count). The number of carbonyl (C=O) groups excluding carboxylic acids is 3. The van der Waals surface area contributed by atoms with E-state index < -0.39 is 17.9 Å². The standard InChI is InChI=1S/C21H21N3O4/c1-11-9-14(28-13(11)3)10-22-16-6-4-5-15-18(16)21(27)24(20(15)26)17-8-7-12(2)23-19(17)25/h4-6,9,17,22H,2,7-8,10H2,1,3H3,(H,23,25). The maximum atomic E-state index is 13.1. The molecule has 2 aliphatic rings. The van der Waals surface area contributed by atoms with E-state index >= 15 is 0 Å². The molecule has 2 aromatic rings. The van der Waals surface area contributed by atoms with E-state index in [0.29, 0.717) is 41.9 Å². The molecule has 0 bridgehead atoms. The van der Waals surface area contributed by atoms with Gasteiger partial charge in [-0.2, -0.15) is 0 Å². The van der Waals surface area contributed by atoms with Crippen molar-refractivity contribution in [2.45, 2.75) is 39.3 Å². The van der Waals surface area contributed by atoms with Gasteiger partial charge in [0.25, 0.3) is 11.8 Å². The van der Waals surface area contributed by atoms with E-state index in [1.807, 2.05) is 19.9 Å². The first-order valence-corrected chi connectivity index (χ1v) is 9.16. The highest BCUT2D eigenvalue weighted by atomic mass is 16.3. The number of hydrogen-bond donors (Lipinski definition) is 2. The number of hydrogen-bond acceptors (Lipinski definition) is 5. The predicted octanol–water partition coefficient (Wildman–Crippen LogP) is 2.90. The van der Waals surface area contributed by atoms with Crippen LogP contribution in [0.2, 0.25) is 0 Å². The summed E-state index contributed by atoms with van der Waals surface area (Å²) >= 11 is 0. The summed E-state index contributed by atoms with van der Waals surface area (Å²) in [4.78, 5) is 39.3. The molecule has 1 unspecified atom stereocenters. The minimum atomic E-state index is -0.818. The number of amides is 3. The summed E-state index contributed by atoms with van der Waals surface area (Å²) in [5.41, 5.74) is 2.80. The zero-order valence-electron chi connectivity index (χ0n) is 15.8. The average molecular weight is 379 g/mol. The van der Waals surface area contributed by atoms with Crippen molar-refractivity contribution in [1.29, 1.82) is 0 Å². The van der Waals surface area contributed by atoms with Crippen molar-refractivity contribution in [1.82, 2.24) is 10.2 Å². The third kappa shape index (κ3) is 2.89. The molecule has 0 radical (unpaired) electrons. The molecule has 0 spiro atoms. The van der Waals surface area contributed by atoms with Crippen molar-refractivity contribution in [3.8, 4) is 0 Å². The molecule has 1 aromatic heterocycles. The quantitative estimate of drug-likeness (QED) is 0.797. The third-order valence-electron chi connectivity index (χ3n) is 5.25. The van der Waals surface area contributed by atoms with Crippen molar-refractivity contribution >= 4 is 23.4 Å². The lowest BCUT2D eigenvalue weighted by Gasteiger charge is -2.29. The van der Waals surface area contributed by atoms with E-state index in [-0.39, 0.29) is 5.91 Å². The van der Waals surface area contributed by atoms with Crippen LogP contribution in [0.4, 0.5) is 5.69 Å². The summed E-state index contributed by atoms with van der Waals surface area (Å²) in [6, 6.07) is 6.20. The highest BCUT2D eigenvalue weighted by Crippen LogP contribution is 2.33. The molecule has 7 heteroatoms. The van der Waals surface area contributed by atoms with Gasteiger partial charge in [-0.15, -0.1) is 0 Å². The van der Waals surface area contributed by atoms with Crippen LogP contribution in [-0.4, -0.2) is 28.7 Å². The Balaban J connectivity index is 1.60. The Hall–Kier alpha value is -3.35. The number of furan rings is 1. The first-order chi connectivity index (χ1) is 13.4. The summed E-state index contributed by atoms with van der Waals surface area (Å²) in [6.07, 6.45) is 0.913. The molecule has 1 saturated heterocycles. The number of rotatable bonds is 4. The molecule has 2 N–H and O–H groups in total. The molecule has 7 nitrogen and oxygen atoms in total. The highest BCUT2D eigenvalue weighted by molar-refractivity contribution is 6.25. The molecule has 1 fully saturated rings. The van der Waals surface area contributed by atoms with Crippen LogP contribution in [0.25, 0.3) is 0 Å². The summed E-state index contributed by atoms with van der Waals surface area (Å²) in [6.45, 7) is 7.98. The number of aryl methyl sites for hydroxylation is 2. The van der Waals surface area contributed by atoms with Crippen molar-refractivity contribution in [3.63, 3.8) is 0 Å². The van der Waals surface area contributed by atoms with Gasteiger partial charge in [-0.3, -0.25) is 19.3 Å². The summed E-state index contributed by atoms with van der Waals surface area (Å²) in [5.74, 6) is 0.314. The number of imide groups is 1. The maximum Gasteiger partial charge on any atom is 0.264 e. The topological polar surface area (TPSA) is 91.7 Å². The van der Waals surface area contributed by atoms with Crippen LogP contribution in [0.3, 0.4) is 0 Å². The number of allylic oxidation sites excluding steroid dienone is 1. The van der Waals surface area contributed by atoms with Crippen molar-refractivity contribution in [2.75, 3.05) is 5.32 Å². The second kappa shape index (κ2) is 6.67. The van der Waals surface area contributed by atoms with Gasteiger partial charge in [0.2, 0.25) is 5.91 Å². The molecular weight excluding hydrogens is 358 g/mol. The largest absolute Gasteiger partial charge is 0.464 e. The number of benzene rings is 1. The fourth-order valence-electron chi connectivity index (χ4n) is 3.66. The first-order valence-electron chi connectivity index (χ1n) is 9.16. The Kier molecular flexibility index (Phi) is 4.30. The lowest BCUT2D eigenvalue weighted by molar-refractivity contribution is -0.125.